The summed E-state index contributed by atoms with van der Waals surface area (Å²) < 4.78 is 44.1. The van der Waals surface area contributed by atoms with Crippen LogP contribution in [0.25, 0.3) is 0 Å². The van der Waals surface area contributed by atoms with E-state index in [-0.39, 0.29) is 5.91 Å². The molecular formula is C21H21F3N4O2. The summed E-state index contributed by atoms with van der Waals surface area (Å²) >= 11 is 0. The molecular weight excluding hydrogens is 397 g/mol. The lowest BCUT2D eigenvalue weighted by Gasteiger charge is -2.33. The lowest BCUT2D eigenvalue weighted by Crippen LogP contribution is -2.31. The van der Waals surface area contributed by atoms with Crippen LogP contribution in [0.5, 0.6) is 5.75 Å². The highest BCUT2D eigenvalue weighted by Crippen LogP contribution is 2.42. The number of nitriles is 1. The smallest absolute Gasteiger partial charge is 0.416 e. The first-order valence-corrected chi connectivity index (χ1v) is 9.38. The Bertz CT molecular complexity index is 968. The molecule has 9 heteroatoms. The lowest BCUT2D eigenvalue weighted by molar-refractivity contribution is -0.137. The van der Waals surface area contributed by atoms with Crippen molar-refractivity contribution in [1.82, 2.24) is 0 Å². The summed E-state index contributed by atoms with van der Waals surface area (Å²) in [5.41, 5.74) is 1.60. The van der Waals surface area contributed by atoms with Gasteiger partial charge in [0.2, 0.25) is 5.91 Å². The summed E-state index contributed by atoms with van der Waals surface area (Å²) in [6.07, 6.45) is -4.42. The van der Waals surface area contributed by atoms with E-state index in [9.17, 15) is 23.2 Å². The lowest BCUT2D eigenvalue weighted by atomic mass is 9.88. The number of nitrogens with one attached hydrogen (secondary N) is 3. The molecule has 0 fully saturated rings. The van der Waals surface area contributed by atoms with Crippen LogP contribution in [0.4, 0.5) is 30.2 Å². The Kier molecular flexibility index (Phi) is 6.06. The minimum Gasteiger partial charge on any atom is -0.492 e. The van der Waals surface area contributed by atoms with Crippen LogP contribution in [-0.4, -0.2) is 19.1 Å². The van der Waals surface area contributed by atoms with E-state index in [4.69, 9.17) is 4.74 Å². The molecule has 2 atom stereocenters. The number of nitrogens with zero attached hydrogens (tertiary/aromatic N) is 1. The molecule has 2 aromatic rings. The SMILES string of the molecule is CCOc1cc2c(cc1NC(C)=O)C(Nc1ccc(C(F)(F)F)cc1)C(C#N)CN2. The molecule has 2 unspecified atom stereocenters. The minimum absolute atomic E-state index is 0.274. The van der Waals surface area contributed by atoms with Crippen molar-refractivity contribution < 1.29 is 22.7 Å². The third-order valence-electron chi connectivity index (χ3n) is 4.71. The van der Waals surface area contributed by atoms with Gasteiger partial charge in [-0.05, 0) is 37.3 Å². The van der Waals surface area contributed by atoms with Crippen molar-refractivity contribution >= 4 is 23.0 Å². The monoisotopic (exact) mass is 418 g/mol. The third kappa shape index (κ3) is 4.59. The van der Waals surface area contributed by atoms with E-state index in [2.05, 4.69) is 22.0 Å². The highest BCUT2D eigenvalue weighted by molar-refractivity contribution is 5.91. The quantitative estimate of drug-likeness (QED) is 0.651. The van der Waals surface area contributed by atoms with E-state index in [1.165, 1.54) is 19.1 Å². The molecule has 0 radical (unpaired) electrons. The zero-order valence-corrected chi connectivity index (χ0v) is 16.4. The Labute approximate surface area is 172 Å². The van der Waals surface area contributed by atoms with Crippen LogP contribution in [-0.2, 0) is 11.0 Å². The Hall–Kier alpha value is -3.41. The topological polar surface area (TPSA) is 86.2 Å². The number of carbonyl (C=O) groups excluding carboxylic acids is 1. The number of rotatable bonds is 5. The van der Waals surface area contributed by atoms with Crippen LogP contribution in [0.2, 0.25) is 0 Å². The van der Waals surface area contributed by atoms with Crippen molar-refractivity contribution in [3.63, 3.8) is 0 Å². The van der Waals surface area contributed by atoms with Gasteiger partial charge in [-0.25, -0.2) is 0 Å². The van der Waals surface area contributed by atoms with E-state index in [1.807, 2.05) is 6.92 Å². The fourth-order valence-corrected chi connectivity index (χ4v) is 3.36. The average Bonchev–Trinajstić information content (AvgIpc) is 2.68. The maximum Gasteiger partial charge on any atom is 0.416 e. The van der Waals surface area contributed by atoms with Gasteiger partial charge in [-0.3, -0.25) is 4.79 Å². The Morgan fingerprint density at radius 3 is 2.57 bits per heavy atom. The van der Waals surface area contributed by atoms with Gasteiger partial charge >= 0.3 is 6.18 Å². The standard InChI is InChI=1S/C21H21F3N4O2/c1-3-30-19-9-17-16(8-18(19)27-12(2)29)20(13(10-25)11-26-17)28-15-6-4-14(5-7-15)21(22,23)24/h4-9,13,20,26,28H,3,11H2,1-2H3,(H,27,29). The predicted molar refractivity (Wildman–Crippen MR) is 107 cm³/mol. The average molecular weight is 418 g/mol. The molecule has 3 rings (SSSR count). The van der Waals surface area contributed by atoms with Crippen molar-refractivity contribution in [3.8, 4) is 11.8 Å². The second-order valence-corrected chi connectivity index (χ2v) is 6.86. The molecule has 6 nitrogen and oxygen atoms in total. The number of benzene rings is 2. The summed E-state index contributed by atoms with van der Waals surface area (Å²) in [7, 11) is 0. The summed E-state index contributed by atoms with van der Waals surface area (Å²) in [6, 6.07) is 9.86. The second kappa shape index (κ2) is 8.53. The molecule has 30 heavy (non-hydrogen) atoms. The molecule has 158 valence electrons. The molecule has 3 N–H and O–H groups in total. The first-order chi connectivity index (χ1) is 14.2. The van der Waals surface area contributed by atoms with Gasteiger partial charge in [-0.1, -0.05) is 0 Å². The predicted octanol–water partition coefficient (Wildman–Crippen LogP) is 4.78. The number of ether oxygens (including phenoxy) is 1. The zero-order chi connectivity index (χ0) is 21.9. The number of carbonyl (C=O) groups is 1. The van der Waals surface area contributed by atoms with Gasteiger partial charge in [0, 0.05) is 36.5 Å². The molecule has 1 aliphatic heterocycles. The van der Waals surface area contributed by atoms with Gasteiger partial charge in [0.15, 0.2) is 0 Å². The number of fused-ring (bicyclic) bond motifs is 1. The maximum atomic E-state index is 12.8. The van der Waals surface area contributed by atoms with Crippen molar-refractivity contribution in [2.75, 3.05) is 29.1 Å². The van der Waals surface area contributed by atoms with Crippen LogP contribution in [0.3, 0.4) is 0 Å². The maximum absolute atomic E-state index is 12.8. The van der Waals surface area contributed by atoms with Crippen molar-refractivity contribution in [2.45, 2.75) is 26.1 Å². The van der Waals surface area contributed by atoms with Gasteiger partial charge in [-0.2, -0.15) is 18.4 Å². The molecule has 1 aliphatic rings. The van der Waals surface area contributed by atoms with E-state index in [1.54, 1.807) is 12.1 Å². The van der Waals surface area contributed by atoms with E-state index < -0.39 is 23.7 Å². The van der Waals surface area contributed by atoms with Crippen LogP contribution in [0.15, 0.2) is 36.4 Å². The van der Waals surface area contributed by atoms with Crippen molar-refractivity contribution in [3.05, 3.63) is 47.5 Å². The fourth-order valence-electron chi connectivity index (χ4n) is 3.36. The highest BCUT2D eigenvalue weighted by Gasteiger charge is 2.32. The molecule has 0 aromatic heterocycles. The highest BCUT2D eigenvalue weighted by atomic mass is 19.4. The second-order valence-electron chi connectivity index (χ2n) is 6.86. The molecule has 0 bridgehead atoms. The van der Waals surface area contributed by atoms with Gasteiger partial charge in [-0.15, -0.1) is 0 Å². The van der Waals surface area contributed by atoms with E-state index in [0.717, 1.165) is 17.8 Å². The normalized spacial score (nSPS) is 17.9. The summed E-state index contributed by atoms with van der Waals surface area (Å²) in [5.74, 6) is -0.269. The van der Waals surface area contributed by atoms with Crippen LogP contribution in [0.1, 0.15) is 31.0 Å². The molecule has 0 saturated carbocycles. The van der Waals surface area contributed by atoms with Gasteiger partial charge in [0.05, 0.1) is 35.9 Å². The largest absolute Gasteiger partial charge is 0.492 e. The number of amides is 1. The molecule has 0 aliphatic carbocycles. The molecule has 1 heterocycles. The number of halogens is 3. The number of hydrogen-bond acceptors (Lipinski definition) is 5. The molecule has 1 amide bonds. The Balaban J connectivity index is 1.98. The van der Waals surface area contributed by atoms with E-state index in [0.29, 0.717) is 35.8 Å². The van der Waals surface area contributed by atoms with Crippen molar-refractivity contribution in [2.24, 2.45) is 5.92 Å². The number of anilines is 3. The summed E-state index contributed by atoms with van der Waals surface area (Å²) in [6.45, 7) is 3.96. The fraction of sp³-hybridized carbons (Fsp3) is 0.333. The van der Waals surface area contributed by atoms with Crippen LogP contribution in [0, 0.1) is 17.2 Å². The minimum atomic E-state index is -4.42. The van der Waals surface area contributed by atoms with Crippen LogP contribution >= 0.6 is 0 Å². The first-order valence-electron chi connectivity index (χ1n) is 9.38. The van der Waals surface area contributed by atoms with E-state index >= 15 is 0 Å². The summed E-state index contributed by atoms with van der Waals surface area (Å²) in [4.78, 5) is 11.6. The zero-order valence-electron chi connectivity index (χ0n) is 16.4. The van der Waals surface area contributed by atoms with Gasteiger partial charge < -0.3 is 20.7 Å². The Morgan fingerprint density at radius 1 is 1.30 bits per heavy atom. The van der Waals surface area contributed by atoms with Crippen LogP contribution < -0.4 is 20.7 Å². The van der Waals surface area contributed by atoms with Gasteiger partial charge in [0.25, 0.3) is 0 Å². The molecule has 2 aromatic carbocycles. The van der Waals surface area contributed by atoms with Crippen molar-refractivity contribution in [1.29, 1.82) is 5.26 Å². The third-order valence-corrected chi connectivity index (χ3v) is 4.71. The number of hydrogen-bond donors (Lipinski definition) is 3. The molecule has 0 saturated heterocycles. The Morgan fingerprint density at radius 2 is 2.00 bits per heavy atom. The van der Waals surface area contributed by atoms with Gasteiger partial charge in [0.1, 0.15) is 5.75 Å². The summed E-state index contributed by atoms with van der Waals surface area (Å²) in [5, 5.41) is 18.7. The first kappa shape index (κ1) is 21.3. The number of alkyl halides is 3. The molecule has 0 spiro atoms.